The second kappa shape index (κ2) is 3.72. The minimum absolute atomic E-state index is 0.117. The maximum absolute atomic E-state index is 11.9. The van der Waals surface area contributed by atoms with Crippen LogP contribution in [-0.4, -0.2) is 16.1 Å². The average Bonchev–Trinajstić information content (AvgIpc) is 2.28. The molecule has 2 N–H and O–H groups in total. The lowest BCUT2D eigenvalue weighted by Crippen LogP contribution is -2.42. The summed E-state index contributed by atoms with van der Waals surface area (Å²) in [6, 6.07) is 7.57. The normalized spacial score (nSPS) is 11.9. The number of hydrogen-bond acceptors (Lipinski definition) is 3. The molecule has 0 amide bonds. The Morgan fingerprint density at radius 1 is 1.38 bits per heavy atom. The third kappa shape index (κ3) is 1.61. The number of benzene rings is 1. The summed E-state index contributed by atoms with van der Waals surface area (Å²) in [5, 5.41) is 0. The van der Waals surface area contributed by atoms with Gasteiger partial charge < -0.3 is 5.73 Å². The van der Waals surface area contributed by atoms with E-state index < -0.39 is 5.54 Å². The lowest BCUT2D eigenvalue weighted by atomic mass is 10.0. The highest BCUT2D eigenvalue weighted by molar-refractivity contribution is 5.74. The van der Waals surface area contributed by atoms with Gasteiger partial charge in [-0.15, -0.1) is 0 Å². The molecule has 1 heterocycles. The van der Waals surface area contributed by atoms with E-state index in [4.69, 9.17) is 5.73 Å². The number of fused-ring (bicyclic) bond motifs is 1. The molecule has 84 valence electrons. The van der Waals surface area contributed by atoms with Crippen LogP contribution in [0.2, 0.25) is 0 Å². The van der Waals surface area contributed by atoms with Gasteiger partial charge in [0.2, 0.25) is 0 Å². The number of para-hydroxylation sites is 2. The van der Waals surface area contributed by atoms with Crippen LogP contribution in [0.4, 0.5) is 0 Å². The molecular weight excluding hydrogens is 202 g/mol. The summed E-state index contributed by atoms with van der Waals surface area (Å²) in [5.74, 6) is 0. The fourth-order valence-electron chi connectivity index (χ4n) is 1.78. The summed E-state index contributed by atoms with van der Waals surface area (Å²) in [7, 11) is 0. The Labute approximate surface area is 93.7 Å². The predicted octanol–water partition coefficient (Wildman–Crippen LogP) is 1.09. The van der Waals surface area contributed by atoms with E-state index in [0.717, 1.165) is 11.0 Å². The molecule has 4 heteroatoms. The number of nitrogens with zero attached hydrogens (tertiary/aromatic N) is 2. The molecule has 0 aliphatic carbocycles. The van der Waals surface area contributed by atoms with Gasteiger partial charge in [-0.1, -0.05) is 12.1 Å². The summed E-state index contributed by atoms with van der Waals surface area (Å²) in [4.78, 5) is 16.0. The quantitative estimate of drug-likeness (QED) is 0.819. The van der Waals surface area contributed by atoms with Crippen molar-refractivity contribution >= 4 is 11.0 Å². The van der Waals surface area contributed by atoms with Crippen LogP contribution in [0.15, 0.2) is 35.3 Å². The van der Waals surface area contributed by atoms with Crippen LogP contribution in [0.3, 0.4) is 0 Å². The summed E-state index contributed by atoms with van der Waals surface area (Å²) in [6.45, 7) is 4.29. The third-order valence-corrected chi connectivity index (χ3v) is 2.76. The van der Waals surface area contributed by atoms with E-state index in [1.807, 2.05) is 38.1 Å². The fraction of sp³-hybridized carbons (Fsp3) is 0.333. The number of nitrogens with two attached hydrogens (primary N) is 1. The molecule has 0 saturated heterocycles. The molecule has 16 heavy (non-hydrogen) atoms. The van der Waals surface area contributed by atoms with Gasteiger partial charge in [0, 0.05) is 6.54 Å². The maximum Gasteiger partial charge on any atom is 0.270 e. The van der Waals surface area contributed by atoms with E-state index in [1.165, 1.54) is 6.20 Å². The molecule has 0 unspecified atom stereocenters. The molecule has 0 saturated carbocycles. The topological polar surface area (TPSA) is 60.9 Å². The molecule has 0 fully saturated rings. The number of rotatable bonds is 2. The molecule has 0 atom stereocenters. The Balaban J connectivity index is 2.86. The van der Waals surface area contributed by atoms with Gasteiger partial charge in [-0.3, -0.25) is 9.36 Å². The number of aromatic nitrogens is 2. The van der Waals surface area contributed by atoms with Gasteiger partial charge in [0.15, 0.2) is 0 Å². The Morgan fingerprint density at radius 2 is 2.06 bits per heavy atom. The monoisotopic (exact) mass is 217 g/mol. The largest absolute Gasteiger partial charge is 0.328 e. The molecule has 0 spiro atoms. The molecule has 1 aromatic heterocycles. The summed E-state index contributed by atoms with van der Waals surface area (Å²) < 4.78 is 1.70. The van der Waals surface area contributed by atoms with Gasteiger partial charge in [-0.25, -0.2) is 4.98 Å². The van der Waals surface area contributed by atoms with Gasteiger partial charge in [0.05, 0.1) is 22.8 Å². The first-order valence-corrected chi connectivity index (χ1v) is 5.23. The van der Waals surface area contributed by atoms with Crippen LogP contribution in [-0.2, 0) is 5.54 Å². The minimum Gasteiger partial charge on any atom is -0.328 e. The van der Waals surface area contributed by atoms with Crippen LogP contribution in [0.1, 0.15) is 13.8 Å². The van der Waals surface area contributed by atoms with E-state index >= 15 is 0 Å². The van der Waals surface area contributed by atoms with Crippen molar-refractivity contribution < 1.29 is 0 Å². The Bertz CT molecular complexity index is 572. The zero-order valence-electron chi connectivity index (χ0n) is 9.47. The lowest BCUT2D eigenvalue weighted by molar-refractivity contribution is 0.367. The minimum atomic E-state index is -0.403. The van der Waals surface area contributed by atoms with Gasteiger partial charge in [0.25, 0.3) is 5.56 Å². The molecule has 1 aromatic carbocycles. The first-order valence-electron chi connectivity index (χ1n) is 5.23. The van der Waals surface area contributed by atoms with Crippen molar-refractivity contribution in [3.8, 4) is 0 Å². The standard InChI is InChI=1S/C12H15N3O/c1-12(2,8-13)15-10-6-4-3-5-9(10)14-7-11(15)16/h3-7H,8,13H2,1-2H3. The Hall–Kier alpha value is -1.68. The third-order valence-electron chi connectivity index (χ3n) is 2.76. The summed E-state index contributed by atoms with van der Waals surface area (Å²) >= 11 is 0. The average molecular weight is 217 g/mol. The van der Waals surface area contributed by atoms with Gasteiger partial charge in [0.1, 0.15) is 0 Å². The van der Waals surface area contributed by atoms with Crippen molar-refractivity contribution in [1.82, 2.24) is 9.55 Å². The van der Waals surface area contributed by atoms with E-state index in [9.17, 15) is 4.79 Å². The highest BCUT2D eigenvalue weighted by Crippen LogP contribution is 2.17. The molecule has 4 nitrogen and oxygen atoms in total. The molecule has 0 radical (unpaired) electrons. The van der Waals surface area contributed by atoms with Crippen molar-refractivity contribution in [1.29, 1.82) is 0 Å². The predicted molar refractivity (Wildman–Crippen MR) is 64.4 cm³/mol. The van der Waals surface area contributed by atoms with Gasteiger partial charge in [-0.2, -0.15) is 0 Å². The van der Waals surface area contributed by atoms with Crippen molar-refractivity contribution in [2.45, 2.75) is 19.4 Å². The molecule has 2 rings (SSSR count). The maximum atomic E-state index is 11.9. The zero-order chi connectivity index (χ0) is 11.8. The lowest BCUT2D eigenvalue weighted by Gasteiger charge is -2.27. The van der Waals surface area contributed by atoms with Crippen molar-refractivity contribution in [2.75, 3.05) is 6.54 Å². The number of hydrogen-bond donors (Lipinski definition) is 1. The van der Waals surface area contributed by atoms with E-state index in [0.29, 0.717) is 6.54 Å². The second-order valence-corrected chi connectivity index (χ2v) is 4.44. The van der Waals surface area contributed by atoms with Crippen LogP contribution in [0, 0.1) is 0 Å². The van der Waals surface area contributed by atoms with Crippen molar-refractivity contribution in [3.05, 3.63) is 40.8 Å². The Kier molecular flexibility index (Phi) is 2.52. The van der Waals surface area contributed by atoms with Crippen LogP contribution < -0.4 is 11.3 Å². The van der Waals surface area contributed by atoms with E-state index in [1.54, 1.807) is 4.57 Å². The molecule has 0 aliphatic rings. The molecule has 2 aromatic rings. The summed E-state index contributed by atoms with van der Waals surface area (Å²) in [6.07, 6.45) is 1.35. The smallest absolute Gasteiger partial charge is 0.270 e. The van der Waals surface area contributed by atoms with Gasteiger partial charge >= 0.3 is 0 Å². The Morgan fingerprint density at radius 3 is 2.75 bits per heavy atom. The second-order valence-electron chi connectivity index (χ2n) is 4.44. The van der Waals surface area contributed by atoms with Crippen LogP contribution in [0.5, 0.6) is 0 Å². The van der Waals surface area contributed by atoms with Crippen LogP contribution in [0.25, 0.3) is 11.0 Å². The fourth-order valence-corrected chi connectivity index (χ4v) is 1.78. The SMILES string of the molecule is CC(C)(CN)n1c(=O)cnc2ccccc21. The molecule has 0 bridgehead atoms. The summed E-state index contributed by atoms with van der Waals surface area (Å²) in [5.41, 5.74) is 6.83. The van der Waals surface area contributed by atoms with Crippen LogP contribution >= 0.6 is 0 Å². The molecular formula is C12H15N3O. The zero-order valence-corrected chi connectivity index (χ0v) is 9.47. The van der Waals surface area contributed by atoms with Gasteiger partial charge in [-0.05, 0) is 26.0 Å². The molecule has 0 aliphatic heterocycles. The van der Waals surface area contributed by atoms with E-state index in [-0.39, 0.29) is 5.56 Å². The first kappa shape index (κ1) is 10.8. The van der Waals surface area contributed by atoms with Crippen molar-refractivity contribution in [2.24, 2.45) is 5.73 Å². The van der Waals surface area contributed by atoms with E-state index in [2.05, 4.69) is 4.98 Å². The highest BCUT2D eigenvalue weighted by Gasteiger charge is 2.21. The highest BCUT2D eigenvalue weighted by atomic mass is 16.1. The first-order chi connectivity index (χ1) is 7.56. The van der Waals surface area contributed by atoms with Crippen molar-refractivity contribution in [3.63, 3.8) is 0 Å².